The minimum atomic E-state index is -2.67. The van der Waals surface area contributed by atoms with Crippen molar-refractivity contribution in [1.29, 1.82) is 0 Å². The van der Waals surface area contributed by atoms with Crippen LogP contribution in [0, 0.1) is 5.82 Å². The average molecular weight is 270 g/mol. The molecule has 0 atom stereocenters. The Balaban J connectivity index is 1.89. The monoisotopic (exact) mass is 270 g/mol. The van der Waals surface area contributed by atoms with Gasteiger partial charge in [0.05, 0.1) is 12.0 Å². The maximum atomic E-state index is 13.2. The zero-order valence-corrected chi connectivity index (χ0v) is 10.2. The molecule has 1 spiro atoms. The fourth-order valence-corrected chi connectivity index (χ4v) is 2.82. The molecule has 1 aromatic rings. The zero-order valence-electron chi connectivity index (χ0n) is 10.2. The Kier molecular flexibility index (Phi) is 2.62. The molecule has 0 unspecified atom stereocenters. The summed E-state index contributed by atoms with van der Waals surface area (Å²) in [5.41, 5.74) is -0.619. The van der Waals surface area contributed by atoms with Gasteiger partial charge in [0.2, 0.25) is 5.92 Å². The minimum absolute atomic E-state index is 0.0551. The van der Waals surface area contributed by atoms with Crippen molar-refractivity contribution in [2.75, 3.05) is 0 Å². The minimum Gasteiger partial charge on any atom is -0.486 e. The Bertz CT molecular complexity index is 529. The lowest BCUT2D eigenvalue weighted by molar-refractivity contribution is -0.0946. The number of alkyl halides is 2. The van der Waals surface area contributed by atoms with Crippen LogP contribution < -0.4 is 4.74 Å². The number of ketones is 1. The first-order chi connectivity index (χ1) is 8.89. The van der Waals surface area contributed by atoms with Crippen LogP contribution in [0.1, 0.15) is 42.5 Å². The molecule has 2 aliphatic rings. The summed E-state index contributed by atoms with van der Waals surface area (Å²) >= 11 is 0. The van der Waals surface area contributed by atoms with E-state index in [1.165, 1.54) is 12.1 Å². The second kappa shape index (κ2) is 3.99. The molecular formula is C14H13F3O2. The lowest BCUT2D eigenvalue weighted by Crippen LogP contribution is -2.47. The Morgan fingerprint density at radius 3 is 2.47 bits per heavy atom. The molecule has 3 rings (SSSR count). The summed E-state index contributed by atoms with van der Waals surface area (Å²) in [6.07, 6.45) is -0.168. The number of benzene rings is 1. The van der Waals surface area contributed by atoms with Crippen LogP contribution in [0.5, 0.6) is 5.75 Å². The van der Waals surface area contributed by atoms with Gasteiger partial charge < -0.3 is 4.74 Å². The highest BCUT2D eigenvalue weighted by atomic mass is 19.3. The first-order valence-electron chi connectivity index (χ1n) is 6.29. The van der Waals surface area contributed by atoms with Crippen LogP contribution in [0.25, 0.3) is 0 Å². The van der Waals surface area contributed by atoms with E-state index in [1.54, 1.807) is 0 Å². The van der Waals surface area contributed by atoms with Crippen molar-refractivity contribution in [1.82, 2.24) is 0 Å². The quantitative estimate of drug-likeness (QED) is 0.718. The van der Waals surface area contributed by atoms with E-state index in [2.05, 4.69) is 0 Å². The van der Waals surface area contributed by atoms with Crippen molar-refractivity contribution < 1.29 is 22.7 Å². The molecule has 0 bridgehead atoms. The van der Waals surface area contributed by atoms with Crippen LogP contribution in [0.3, 0.4) is 0 Å². The number of hydrogen-bond acceptors (Lipinski definition) is 2. The van der Waals surface area contributed by atoms with Crippen molar-refractivity contribution in [3.8, 4) is 5.75 Å². The largest absolute Gasteiger partial charge is 0.486 e. The van der Waals surface area contributed by atoms with E-state index in [4.69, 9.17) is 4.74 Å². The Labute approximate surface area is 108 Å². The van der Waals surface area contributed by atoms with Gasteiger partial charge in [0, 0.05) is 12.8 Å². The second-order valence-electron chi connectivity index (χ2n) is 5.38. The Morgan fingerprint density at radius 2 is 1.79 bits per heavy atom. The third kappa shape index (κ3) is 2.22. The Hall–Kier alpha value is -1.52. The fraction of sp³-hybridized carbons (Fsp3) is 0.500. The summed E-state index contributed by atoms with van der Waals surface area (Å²) in [7, 11) is 0. The first kappa shape index (κ1) is 12.5. The van der Waals surface area contributed by atoms with Gasteiger partial charge in [-0.1, -0.05) is 0 Å². The molecule has 1 aromatic carbocycles. The average Bonchev–Trinajstić information content (AvgIpc) is 2.35. The number of rotatable bonds is 0. The molecule has 1 aliphatic heterocycles. The van der Waals surface area contributed by atoms with Crippen LogP contribution >= 0.6 is 0 Å². The summed E-state index contributed by atoms with van der Waals surface area (Å²) in [5.74, 6) is -3.09. The molecule has 5 heteroatoms. The van der Waals surface area contributed by atoms with E-state index >= 15 is 0 Å². The van der Waals surface area contributed by atoms with E-state index in [-0.39, 0.29) is 43.5 Å². The maximum absolute atomic E-state index is 13.2. The molecular weight excluding hydrogens is 257 g/mol. The Morgan fingerprint density at radius 1 is 1.11 bits per heavy atom. The molecule has 1 fully saturated rings. The third-order valence-corrected chi connectivity index (χ3v) is 3.94. The van der Waals surface area contributed by atoms with Gasteiger partial charge in [-0.3, -0.25) is 4.79 Å². The van der Waals surface area contributed by atoms with E-state index < -0.39 is 17.3 Å². The highest BCUT2D eigenvalue weighted by Crippen LogP contribution is 2.46. The van der Waals surface area contributed by atoms with Gasteiger partial charge in [0.1, 0.15) is 17.2 Å². The van der Waals surface area contributed by atoms with Crippen LogP contribution in [0.4, 0.5) is 13.2 Å². The van der Waals surface area contributed by atoms with Crippen LogP contribution in [0.15, 0.2) is 18.2 Å². The number of halogens is 3. The van der Waals surface area contributed by atoms with Gasteiger partial charge in [-0.2, -0.15) is 0 Å². The van der Waals surface area contributed by atoms with Gasteiger partial charge in [-0.05, 0) is 31.0 Å². The summed E-state index contributed by atoms with van der Waals surface area (Å²) in [6.45, 7) is 0. The highest BCUT2D eigenvalue weighted by molar-refractivity contribution is 6.00. The van der Waals surface area contributed by atoms with Gasteiger partial charge in [-0.15, -0.1) is 0 Å². The molecule has 102 valence electrons. The van der Waals surface area contributed by atoms with E-state index in [0.29, 0.717) is 5.75 Å². The number of hydrogen-bond donors (Lipinski definition) is 0. The molecule has 0 N–H and O–H groups in total. The molecule has 0 radical (unpaired) electrons. The SMILES string of the molecule is O=C1CC2(CCC(F)(F)CC2)Oc2ccc(F)cc21. The van der Waals surface area contributed by atoms with Gasteiger partial charge in [0.15, 0.2) is 5.78 Å². The van der Waals surface area contributed by atoms with Gasteiger partial charge in [-0.25, -0.2) is 13.2 Å². The lowest BCUT2D eigenvalue weighted by Gasteiger charge is -2.42. The zero-order chi connectivity index (χ0) is 13.7. The van der Waals surface area contributed by atoms with Gasteiger partial charge in [0.25, 0.3) is 0 Å². The van der Waals surface area contributed by atoms with Crippen molar-refractivity contribution in [2.45, 2.75) is 43.6 Å². The summed E-state index contributed by atoms with van der Waals surface area (Å²) in [5, 5.41) is 0. The first-order valence-corrected chi connectivity index (χ1v) is 6.29. The number of carbonyl (C=O) groups is 1. The maximum Gasteiger partial charge on any atom is 0.248 e. The van der Waals surface area contributed by atoms with E-state index in [0.717, 1.165) is 6.07 Å². The third-order valence-electron chi connectivity index (χ3n) is 3.94. The van der Waals surface area contributed by atoms with Gasteiger partial charge >= 0.3 is 0 Å². The van der Waals surface area contributed by atoms with Crippen LogP contribution in [-0.2, 0) is 0 Å². The normalized spacial score (nSPS) is 23.8. The predicted octanol–water partition coefficient (Wildman–Crippen LogP) is 3.74. The lowest BCUT2D eigenvalue weighted by atomic mass is 9.77. The highest BCUT2D eigenvalue weighted by Gasteiger charge is 2.48. The second-order valence-corrected chi connectivity index (χ2v) is 5.38. The number of Topliss-reactive ketones (excluding diaryl/α,β-unsaturated/α-hetero) is 1. The molecule has 2 nitrogen and oxygen atoms in total. The van der Waals surface area contributed by atoms with Crippen molar-refractivity contribution in [3.05, 3.63) is 29.6 Å². The number of fused-ring (bicyclic) bond motifs is 1. The van der Waals surface area contributed by atoms with Crippen LogP contribution in [0.2, 0.25) is 0 Å². The van der Waals surface area contributed by atoms with Crippen molar-refractivity contribution in [3.63, 3.8) is 0 Å². The predicted molar refractivity (Wildman–Crippen MR) is 62.1 cm³/mol. The standard InChI is InChI=1S/C14H13F3O2/c15-9-1-2-12-10(7-9)11(18)8-13(19-12)3-5-14(16,17)6-4-13/h1-2,7H,3-6,8H2. The summed E-state index contributed by atoms with van der Waals surface area (Å²) in [6, 6.07) is 3.75. The molecule has 0 amide bonds. The summed E-state index contributed by atoms with van der Waals surface area (Å²) in [4.78, 5) is 12.0. The van der Waals surface area contributed by atoms with Crippen molar-refractivity contribution in [2.24, 2.45) is 0 Å². The van der Waals surface area contributed by atoms with E-state index in [1.807, 2.05) is 0 Å². The topological polar surface area (TPSA) is 26.3 Å². The smallest absolute Gasteiger partial charge is 0.248 e. The number of ether oxygens (including phenoxy) is 1. The molecule has 1 heterocycles. The van der Waals surface area contributed by atoms with Crippen LogP contribution in [-0.4, -0.2) is 17.3 Å². The van der Waals surface area contributed by atoms with Crippen molar-refractivity contribution >= 4 is 5.78 Å². The molecule has 1 saturated carbocycles. The molecule has 0 aromatic heterocycles. The molecule has 19 heavy (non-hydrogen) atoms. The number of carbonyl (C=O) groups excluding carboxylic acids is 1. The fourth-order valence-electron chi connectivity index (χ4n) is 2.82. The van der Waals surface area contributed by atoms with E-state index in [9.17, 15) is 18.0 Å². The summed E-state index contributed by atoms with van der Waals surface area (Å²) < 4.78 is 45.3. The molecule has 1 aliphatic carbocycles. The molecule has 0 saturated heterocycles.